The van der Waals surface area contributed by atoms with Gasteiger partial charge in [0.1, 0.15) is 0 Å². The summed E-state index contributed by atoms with van der Waals surface area (Å²) in [6.45, 7) is 3.78. The van der Waals surface area contributed by atoms with Gasteiger partial charge >= 0.3 is 5.97 Å². The number of aromatic nitrogens is 1. The molecule has 1 fully saturated rings. The Bertz CT molecular complexity index is 1510. The van der Waals surface area contributed by atoms with Gasteiger partial charge in [-0.1, -0.05) is 48.0 Å². The fraction of sp³-hybridized carbons (Fsp3) is 0.345. The third-order valence-corrected chi connectivity index (χ3v) is 8.95. The van der Waals surface area contributed by atoms with Gasteiger partial charge in [-0.05, 0) is 62.0 Å². The Morgan fingerprint density at radius 1 is 1.11 bits per heavy atom. The van der Waals surface area contributed by atoms with Crippen molar-refractivity contribution in [3.63, 3.8) is 0 Å². The number of aryl methyl sites for hydroxylation is 1. The molecular formula is C29H30N2O5S. The molecule has 0 spiro atoms. The minimum Gasteiger partial charge on any atom is -0.452 e. The molecule has 0 unspecified atom stereocenters. The van der Waals surface area contributed by atoms with Crippen LogP contribution in [-0.2, 0) is 25.8 Å². The Hall–Kier alpha value is -3.52. The van der Waals surface area contributed by atoms with Crippen molar-refractivity contribution in [2.45, 2.75) is 39.2 Å². The van der Waals surface area contributed by atoms with E-state index in [9.17, 15) is 18.0 Å². The van der Waals surface area contributed by atoms with Crippen LogP contribution in [0.15, 0.2) is 48.5 Å². The molecule has 0 saturated carbocycles. The summed E-state index contributed by atoms with van der Waals surface area (Å²) in [5, 5.41) is 0.699. The van der Waals surface area contributed by atoms with Crippen LogP contribution < -0.4 is 0 Å². The average Bonchev–Trinajstić information content (AvgIpc) is 3.45. The first-order valence-electron chi connectivity index (χ1n) is 12.6. The van der Waals surface area contributed by atoms with Gasteiger partial charge in [-0.15, -0.1) is 0 Å². The Balaban J connectivity index is 1.42. The molecule has 1 aromatic heterocycles. The highest BCUT2D eigenvalue weighted by Gasteiger charge is 2.34. The molecule has 1 saturated heterocycles. The number of fused-ring (bicyclic) bond motifs is 2. The molecule has 0 bridgehead atoms. The van der Waals surface area contributed by atoms with Crippen molar-refractivity contribution >= 4 is 44.3 Å². The number of ether oxygens (including phenoxy) is 1. The maximum absolute atomic E-state index is 13.4. The summed E-state index contributed by atoms with van der Waals surface area (Å²) >= 11 is 0. The van der Waals surface area contributed by atoms with Crippen molar-refractivity contribution in [1.82, 2.24) is 9.88 Å². The zero-order valence-electron chi connectivity index (χ0n) is 21.1. The highest BCUT2D eigenvalue weighted by atomic mass is 32.2. The maximum atomic E-state index is 13.4. The van der Waals surface area contributed by atoms with E-state index in [-0.39, 0.29) is 23.5 Å². The number of sulfone groups is 1. The van der Waals surface area contributed by atoms with Crippen LogP contribution in [0.3, 0.4) is 0 Å². The summed E-state index contributed by atoms with van der Waals surface area (Å²) in [6.07, 6.45) is 3.94. The van der Waals surface area contributed by atoms with E-state index in [4.69, 9.17) is 9.72 Å². The number of carbonyl (C=O) groups excluding carboxylic acids is 2. The molecule has 192 valence electrons. The Morgan fingerprint density at radius 3 is 2.57 bits per heavy atom. The number of nitrogens with zero attached hydrogens (tertiary/aromatic N) is 2. The summed E-state index contributed by atoms with van der Waals surface area (Å²) in [4.78, 5) is 32.7. The number of allylic oxidation sites excluding steroid dienone is 1. The SMILES string of the molecule is CCN(C(=O)COC(=O)c1c2c(nc3ccccc13)/C(=C\c1ccc(C)cc1)CC2)[C@H]1CCS(=O)(=O)C1. The van der Waals surface area contributed by atoms with Gasteiger partial charge in [-0.3, -0.25) is 4.79 Å². The summed E-state index contributed by atoms with van der Waals surface area (Å²) < 4.78 is 29.3. The number of rotatable bonds is 6. The first-order valence-corrected chi connectivity index (χ1v) is 14.4. The lowest BCUT2D eigenvalue weighted by Gasteiger charge is -2.26. The predicted molar refractivity (Wildman–Crippen MR) is 144 cm³/mol. The number of esters is 1. The molecule has 2 aliphatic rings. The van der Waals surface area contributed by atoms with Crippen molar-refractivity contribution in [2.24, 2.45) is 0 Å². The number of benzene rings is 2. The van der Waals surface area contributed by atoms with Crippen LogP contribution in [-0.4, -0.2) is 60.9 Å². The summed E-state index contributed by atoms with van der Waals surface area (Å²) in [6, 6.07) is 15.4. The van der Waals surface area contributed by atoms with Crippen LogP contribution in [0.2, 0.25) is 0 Å². The van der Waals surface area contributed by atoms with E-state index in [1.54, 1.807) is 6.92 Å². The number of pyridine rings is 1. The van der Waals surface area contributed by atoms with E-state index in [0.717, 1.165) is 28.8 Å². The van der Waals surface area contributed by atoms with E-state index < -0.39 is 22.4 Å². The largest absolute Gasteiger partial charge is 0.452 e. The van der Waals surface area contributed by atoms with E-state index >= 15 is 0 Å². The quantitative estimate of drug-likeness (QED) is 0.454. The van der Waals surface area contributed by atoms with Gasteiger partial charge < -0.3 is 9.64 Å². The third-order valence-electron chi connectivity index (χ3n) is 7.20. The maximum Gasteiger partial charge on any atom is 0.339 e. The van der Waals surface area contributed by atoms with Gasteiger partial charge in [0.25, 0.3) is 5.91 Å². The molecule has 7 nitrogen and oxygen atoms in total. The monoisotopic (exact) mass is 518 g/mol. The first-order chi connectivity index (χ1) is 17.8. The van der Waals surface area contributed by atoms with Crippen LogP contribution >= 0.6 is 0 Å². The molecule has 3 aromatic rings. The molecule has 1 aliphatic carbocycles. The molecule has 1 atom stereocenters. The highest BCUT2D eigenvalue weighted by molar-refractivity contribution is 7.91. The molecule has 0 N–H and O–H groups in total. The van der Waals surface area contributed by atoms with Gasteiger partial charge in [-0.2, -0.15) is 0 Å². The molecule has 37 heavy (non-hydrogen) atoms. The van der Waals surface area contributed by atoms with E-state index in [2.05, 4.69) is 30.3 Å². The zero-order valence-corrected chi connectivity index (χ0v) is 21.9. The Kier molecular flexibility index (Phi) is 6.86. The van der Waals surface area contributed by atoms with Crippen LogP contribution in [0.25, 0.3) is 22.6 Å². The van der Waals surface area contributed by atoms with E-state index in [0.29, 0.717) is 35.9 Å². The van der Waals surface area contributed by atoms with Gasteiger partial charge in [0.05, 0.1) is 28.3 Å². The molecular weight excluding hydrogens is 488 g/mol. The lowest BCUT2D eigenvalue weighted by Crippen LogP contribution is -2.43. The lowest BCUT2D eigenvalue weighted by atomic mass is 10.0. The highest BCUT2D eigenvalue weighted by Crippen LogP contribution is 2.37. The first kappa shape index (κ1) is 25.1. The number of likely N-dealkylation sites (N-methyl/N-ethyl adjacent to an activating group) is 1. The molecule has 1 aliphatic heterocycles. The second kappa shape index (κ2) is 10.1. The van der Waals surface area contributed by atoms with Crippen molar-refractivity contribution in [3.05, 3.63) is 76.5 Å². The normalized spacial score (nSPS) is 19.2. The van der Waals surface area contributed by atoms with Gasteiger partial charge in [-0.25, -0.2) is 18.2 Å². The minimum absolute atomic E-state index is 0.0425. The summed E-state index contributed by atoms with van der Waals surface area (Å²) in [7, 11) is -3.13. The number of hydrogen-bond acceptors (Lipinski definition) is 6. The fourth-order valence-electron chi connectivity index (χ4n) is 5.32. The van der Waals surface area contributed by atoms with E-state index in [1.807, 2.05) is 31.2 Å². The molecule has 0 radical (unpaired) electrons. The Morgan fingerprint density at radius 2 is 1.86 bits per heavy atom. The van der Waals surface area contributed by atoms with Gasteiger partial charge in [0.15, 0.2) is 16.4 Å². The van der Waals surface area contributed by atoms with Crippen molar-refractivity contribution in [2.75, 3.05) is 24.7 Å². The summed E-state index contributed by atoms with van der Waals surface area (Å²) in [5.74, 6) is -0.906. The summed E-state index contributed by atoms with van der Waals surface area (Å²) in [5.41, 5.74) is 6.11. The number of amides is 1. The van der Waals surface area contributed by atoms with Crippen molar-refractivity contribution in [1.29, 1.82) is 0 Å². The number of para-hydroxylation sites is 1. The van der Waals surface area contributed by atoms with Gasteiger partial charge in [0.2, 0.25) is 0 Å². The minimum atomic E-state index is -3.13. The van der Waals surface area contributed by atoms with Crippen LogP contribution in [0, 0.1) is 6.92 Å². The van der Waals surface area contributed by atoms with Crippen LogP contribution in [0.1, 0.15) is 52.5 Å². The number of hydrogen-bond donors (Lipinski definition) is 0. The predicted octanol–water partition coefficient (Wildman–Crippen LogP) is 4.22. The average molecular weight is 519 g/mol. The molecule has 2 aromatic carbocycles. The zero-order chi connectivity index (χ0) is 26.2. The Labute approximate surface area is 217 Å². The number of carbonyl (C=O) groups is 2. The van der Waals surface area contributed by atoms with Gasteiger partial charge in [0, 0.05) is 18.0 Å². The smallest absolute Gasteiger partial charge is 0.339 e. The standard InChI is InChI=1S/C29H30N2O5S/c1-3-31(22-14-15-37(34,35)18-22)26(32)17-36-29(33)27-23-6-4-5-7-25(23)30-28-21(12-13-24(27)28)16-20-10-8-19(2)9-11-20/h4-11,16,22H,3,12-15,17-18H2,1-2H3/b21-16-/t22-/m0/s1. The molecule has 1 amide bonds. The lowest BCUT2D eigenvalue weighted by molar-refractivity contribution is -0.136. The van der Waals surface area contributed by atoms with Crippen molar-refractivity contribution < 1.29 is 22.7 Å². The van der Waals surface area contributed by atoms with Crippen LogP contribution in [0.5, 0.6) is 0 Å². The van der Waals surface area contributed by atoms with Crippen molar-refractivity contribution in [3.8, 4) is 0 Å². The fourth-order valence-corrected chi connectivity index (χ4v) is 7.05. The molecule has 8 heteroatoms. The third kappa shape index (κ3) is 5.16. The topological polar surface area (TPSA) is 93.6 Å². The van der Waals surface area contributed by atoms with Crippen LogP contribution in [0.4, 0.5) is 0 Å². The molecule has 2 heterocycles. The second-order valence-electron chi connectivity index (χ2n) is 9.72. The molecule has 5 rings (SSSR count). The second-order valence-corrected chi connectivity index (χ2v) is 12.0. The van der Waals surface area contributed by atoms with E-state index in [1.165, 1.54) is 10.5 Å².